The minimum atomic E-state index is 1.05. The Bertz CT molecular complexity index is 332. The minimum Gasteiger partial charge on any atom is -0.158 e. The Kier molecular flexibility index (Phi) is 18.2. The Morgan fingerprint density at radius 1 is 0.571 bits per heavy atom. The third kappa shape index (κ3) is 19.0. The second-order valence-electron chi connectivity index (χ2n) is 4.71. The van der Waals surface area contributed by atoms with Gasteiger partial charge in [-0.15, -0.1) is 0 Å². The molecule has 0 unspecified atom stereocenters. The van der Waals surface area contributed by atoms with Crippen molar-refractivity contribution >= 4 is 11.8 Å². The number of thioether (sulfide) groups is 1. The number of unbranched alkanes of at least 4 members (excludes halogenated alkanes) is 1. The van der Waals surface area contributed by atoms with Crippen molar-refractivity contribution in [2.75, 3.05) is 11.5 Å². The standard InChI is InChI=1S/C20H32S/c1-3-5-6-7-8-9-10-11-12-13-14-15-16-17-18-19-20-21-4-2/h5-6,8-9,11-12,14-15,18-19H,3-4,7,10,13,16-17,20H2,1-2H3/b6-5-,9-8-,12-11-,15-14-,19-18+. The lowest BCUT2D eigenvalue weighted by molar-refractivity contribution is 1.04. The quantitative estimate of drug-likeness (QED) is 0.264. The van der Waals surface area contributed by atoms with Crippen molar-refractivity contribution in [1.82, 2.24) is 0 Å². The first-order valence-corrected chi connectivity index (χ1v) is 9.40. The molecule has 0 N–H and O–H groups in total. The molecule has 0 heterocycles. The van der Waals surface area contributed by atoms with E-state index in [-0.39, 0.29) is 0 Å². The van der Waals surface area contributed by atoms with E-state index in [1.54, 1.807) is 0 Å². The molecule has 1 heteroatoms. The molecule has 0 aliphatic carbocycles. The van der Waals surface area contributed by atoms with Crippen LogP contribution in [-0.4, -0.2) is 11.5 Å². The zero-order chi connectivity index (χ0) is 15.4. The molecule has 0 amide bonds. The molecule has 0 saturated carbocycles. The van der Waals surface area contributed by atoms with Crippen LogP contribution in [0.25, 0.3) is 0 Å². The van der Waals surface area contributed by atoms with Gasteiger partial charge in [0.15, 0.2) is 0 Å². The van der Waals surface area contributed by atoms with Crippen LogP contribution in [0.1, 0.15) is 52.4 Å². The molecule has 0 radical (unpaired) electrons. The number of allylic oxidation sites excluding steroid dienone is 9. The summed E-state index contributed by atoms with van der Waals surface area (Å²) in [6.07, 6.45) is 29.1. The van der Waals surface area contributed by atoms with E-state index in [0.717, 1.165) is 37.9 Å². The summed E-state index contributed by atoms with van der Waals surface area (Å²) in [5.74, 6) is 2.37. The molecule has 0 rings (SSSR count). The molecule has 0 aromatic heterocycles. The lowest BCUT2D eigenvalue weighted by atomic mass is 10.2. The van der Waals surface area contributed by atoms with E-state index < -0.39 is 0 Å². The Balaban J connectivity index is 3.40. The van der Waals surface area contributed by atoms with Crippen molar-refractivity contribution in [3.05, 3.63) is 60.8 Å². The van der Waals surface area contributed by atoms with E-state index in [9.17, 15) is 0 Å². The molecule has 0 saturated heterocycles. The van der Waals surface area contributed by atoms with Gasteiger partial charge in [0, 0.05) is 5.75 Å². The van der Waals surface area contributed by atoms with Gasteiger partial charge in [0.05, 0.1) is 0 Å². The summed E-state index contributed by atoms with van der Waals surface area (Å²) in [5, 5.41) is 0. The number of rotatable bonds is 13. The van der Waals surface area contributed by atoms with E-state index >= 15 is 0 Å². The summed E-state index contributed by atoms with van der Waals surface area (Å²) in [4.78, 5) is 0. The van der Waals surface area contributed by atoms with Crippen molar-refractivity contribution in [1.29, 1.82) is 0 Å². The van der Waals surface area contributed by atoms with Gasteiger partial charge in [-0.25, -0.2) is 0 Å². The fourth-order valence-corrected chi connectivity index (χ4v) is 2.17. The van der Waals surface area contributed by atoms with E-state index in [1.165, 1.54) is 12.2 Å². The maximum absolute atomic E-state index is 2.29. The summed E-state index contributed by atoms with van der Waals surface area (Å²) >= 11 is 1.97. The average molecular weight is 305 g/mol. The highest BCUT2D eigenvalue weighted by Crippen LogP contribution is 2.01. The van der Waals surface area contributed by atoms with Gasteiger partial charge < -0.3 is 0 Å². The molecule has 0 aromatic rings. The van der Waals surface area contributed by atoms with Gasteiger partial charge in [0.2, 0.25) is 0 Å². The van der Waals surface area contributed by atoms with Crippen molar-refractivity contribution in [3.63, 3.8) is 0 Å². The van der Waals surface area contributed by atoms with Gasteiger partial charge in [-0.2, -0.15) is 11.8 Å². The first-order chi connectivity index (χ1) is 10.4. The summed E-state index contributed by atoms with van der Waals surface area (Å²) in [6.45, 7) is 4.37. The molecule has 0 aliphatic heterocycles. The number of hydrogen-bond acceptors (Lipinski definition) is 1. The van der Waals surface area contributed by atoms with Crippen LogP contribution in [0.2, 0.25) is 0 Å². The van der Waals surface area contributed by atoms with Gasteiger partial charge in [-0.1, -0.05) is 74.6 Å². The summed E-state index contributed by atoms with van der Waals surface area (Å²) < 4.78 is 0. The monoisotopic (exact) mass is 304 g/mol. The average Bonchev–Trinajstić information content (AvgIpc) is 2.50. The molecular weight excluding hydrogens is 272 g/mol. The van der Waals surface area contributed by atoms with E-state index in [0.29, 0.717) is 0 Å². The lowest BCUT2D eigenvalue weighted by Gasteiger charge is -1.89. The highest BCUT2D eigenvalue weighted by molar-refractivity contribution is 7.99. The van der Waals surface area contributed by atoms with Gasteiger partial charge in [0.25, 0.3) is 0 Å². The zero-order valence-electron chi connectivity index (χ0n) is 13.8. The smallest absolute Gasteiger partial charge is 0.0113 e. The largest absolute Gasteiger partial charge is 0.158 e. The van der Waals surface area contributed by atoms with Crippen molar-refractivity contribution < 1.29 is 0 Å². The van der Waals surface area contributed by atoms with E-state index in [2.05, 4.69) is 74.6 Å². The van der Waals surface area contributed by atoms with Gasteiger partial charge in [-0.3, -0.25) is 0 Å². The maximum Gasteiger partial charge on any atom is 0.0113 e. The summed E-state index contributed by atoms with van der Waals surface area (Å²) in [6, 6.07) is 0. The van der Waals surface area contributed by atoms with Crippen molar-refractivity contribution in [2.45, 2.75) is 52.4 Å². The highest BCUT2D eigenvalue weighted by atomic mass is 32.2. The topological polar surface area (TPSA) is 0 Å². The van der Waals surface area contributed by atoms with Crippen LogP contribution in [0.4, 0.5) is 0 Å². The molecule has 0 nitrogen and oxygen atoms in total. The van der Waals surface area contributed by atoms with Crippen LogP contribution in [-0.2, 0) is 0 Å². The van der Waals surface area contributed by atoms with E-state index in [1.807, 2.05) is 11.8 Å². The molecule has 118 valence electrons. The Hall–Kier alpha value is -0.950. The third-order valence-corrected chi connectivity index (χ3v) is 3.64. The SMILES string of the molecule is CC/C=C\C/C=C\C/C=C\C/C=C\CC/C=C/CSCC. The van der Waals surface area contributed by atoms with E-state index in [4.69, 9.17) is 0 Å². The molecular formula is C20H32S. The second kappa shape index (κ2) is 19.1. The Labute approximate surface area is 136 Å². The Morgan fingerprint density at radius 2 is 1.05 bits per heavy atom. The van der Waals surface area contributed by atoms with Crippen LogP contribution in [0.15, 0.2) is 60.8 Å². The first kappa shape index (κ1) is 20.1. The van der Waals surface area contributed by atoms with Gasteiger partial charge in [0.1, 0.15) is 0 Å². The second-order valence-corrected chi connectivity index (χ2v) is 6.03. The van der Waals surface area contributed by atoms with Crippen LogP contribution in [0, 0.1) is 0 Å². The maximum atomic E-state index is 2.29. The minimum absolute atomic E-state index is 1.05. The highest BCUT2D eigenvalue weighted by Gasteiger charge is 1.79. The van der Waals surface area contributed by atoms with Gasteiger partial charge in [-0.05, 0) is 44.3 Å². The molecule has 0 atom stereocenters. The zero-order valence-corrected chi connectivity index (χ0v) is 14.7. The first-order valence-electron chi connectivity index (χ1n) is 8.24. The molecule has 0 spiro atoms. The molecule has 0 aromatic carbocycles. The van der Waals surface area contributed by atoms with Crippen molar-refractivity contribution in [3.8, 4) is 0 Å². The number of hydrogen-bond donors (Lipinski definition) is 0. The molecule has 21 heavy (non-hydrogen) atoms. The third-order valence-electron chi connectivity index (χ3n) is 2.80. The summed E-state index contributed by atoms with van der Waals surface area (Å²) in [7, 11) is 0. The molecule has 0 fully saturated rings. The fourth-order valence-electron chi connectivity index (χ4n) is 1.66. The van der Waals surface area contributed by atoms with Crippen molar-refractivity contribution in [2.24, 2.45) is 0 Å². The van der Waals surface area contributed by atoms with Gasteiger partial charge >= 0.3 is 0 Å². The van der Waals surface area contributed by atoms with Crippen LogP contribution in [0.3, 0.4) is 0 Å². The molecule has 0 bridgehead atoms. The van der Waals surface area contributed by atoms with Crippen LogP contribution < -0.4 is 0 Å². The predicted molar refractivity (Wildman–Crippen MR) is 102 cm³/mol. The van der Waals surface area contributed by atoms with Crippen LogP contribution >= 0.6 is 11.8 Å². The normalized spacial score (nSPS) is 13.0. The Morgan fingerprint density at radius 3 is 1.57 bits per heavy atom. The fraction of sp³-hybridized carbons (Fsp3) is 0.500. The summed E-state index contributed by atoms with van der Waals surface area (Å²) in [5.41, 5.74) is 0. The molecule has 0 aliphatic rings. The predicted octanol–water partition coefficient (Wildman–Crippen LogP) is 6.88. The lowest BCUT2D eigenvalue weighted by Crippen LogP contribution is -1.72. The van der Waals surface area contributed by atoms with Crippen LogP contribution in [0.5, 0.6) is 0 Å².